The van der Waals surface area contributed by atoms with Gasteiger partial charge >= 0.3 is 0 Å². The van der Waals surface area contributed by atoms with Crippen molar-refractivity contribution in [2.45, 2.75) is 32.3 Å². The molecule has 1 heterocycles. The van der Waals surface area contributed by atoms with Crippen molar-refractivity contribution >= 4 is 15.9 Å². The van der Waals surface area contributed by atoms with Crippen molar-refractivity contribution in [1.29, 1.82) is 0 Å². The molecule has 1 unspecified atom stereocenters. The van der Waals surface area contributed by atoms with E-state index in [-0.39, 0.29) is 12.2 Å². The fourth-order valence-corrected chi connectivity index (χ4v) is 2.82. The second kappa shape index (κ2) is 5.66. The van der Waals surface area contributed by atoms with Gasteiger partial charge in [0.2, 0.25) is 0 Å². The fourth-order valence-electron chi connectivity index (χ4n) is 2.35. The average Bonchev–Trinajstić information content (AvgIpc) is 2.58. The summed E-state index contributed by atoms with van der Waals surface area (Å²) in [6.07, 6.45) is 0.662. The van der Waals surface area contributed by atoms with Crippen molar-refractivity contribution in [2.24, 2.45) is 7.05 Å². The predicted molar refractivity (Wildman–Crippen MR) is 80.1 cm³/mol. The molecule has 0 aliphatic carbocycles. The van der Waals surface area contributed by atoms with Gasteiger partial charge in [0.05, 0.1) is 21.5 Å². The Kier molecular flexibility index (Phi) is 4.30. The molecule has 1 N–H and O–H groups in total. The second-order valence-electron chi connectivity index (χ2n) is 5.41. The highest BCUT2D eigenvalue weighted by Gasteiger charge is 2.26. The third-order valence-corrected chi connectivity index (χ3v) is 4.37. The Morgan fingerprint density at radius 1 is 1.35 bits per heavy atom. The molecule has 1 aromatic carbocycles. The topological polar surface area (TPSA) is 38.0 Å². The van der Waals surface area contributed by atoms with Crippen LogP contribution in [0.4, 0.5) is 4.39 Å². The van der Waals surface area contributed by atoms with Crippen molar-refractivity contribution in [3.05, 3.63) is 51.5 Å². The molecule has 2 rings (SSSR count). The van der Waals surface area contributed by atoms with Gasteiger partial charge < -0.3 is 5.11 Å². The molecule has 1 aromatic heterocycles. The number of halogens is 2. The van der Waals surface area contributed by atoms with Crippen LogP contribution in [0.25, 0.3) is 0 Å². The molecule has 0 aliphatic heterocycles. The summed E-state index contributed by atoms with van der Waals surface area (Å²) in [5, 5.41) is 14.9. The van der Waals surface area contributed by atoms with E-state index >= 15 is 0 Å². The molecule has 2 aromatic rings. The Labute approximate surface area is 126 Å². The van der Waals surface area contributed by atoms with E-state index in [1.54, 1.807) is 29.8 Å². The van der Waals surface area contributed by atoms with Crippen molar-refractivity contribution < 1.29 is 9.50 Å². The van der Waals surface area contributed by atoms with Crippen molar-refractivity contribution in [1.82, 2.24) is 9.78 Å². The minimum atomic E-state index is -1.04. The number of aromatic nitrogens is 2. The summed E-state index contributed by atoms with van der Waals surface area (Å²) in [5.41, 5.74) is 1.27. The highest BCUT2D eigenvalue weighted by Crippen LogP contribution is 2.26. The van der Waals surface area contributed by atoms with Crippen molar-refractivity contribution in [2.75, 3.05) is 0 Å². The minimum Gasteiger partial charge on any atom is -0.389 e. The predicted octanol–water partition coefficient (Wildman–Crippen LogP) is 3.17. The minimum absolute atomic E-state index is 0.260. The highest BCUT2D eigenvalue weighted by molar-refractivity contribution is 9.10. The van der Waals surface area contributed by atoms with E-state index in [9.17, 15) is 9.50 Å². The Balaban J connectivity index is 2.21. The third-order valence-electron chi connectivity index (χ3n) is 3.34. The van der Waals surface area contributed by atoms with E-state index in [4.69, 9.17) is 0 Å². The van der Waals surface area contributed by atoms with Crippen LogP contribution >= 0.6 is 15.9 Å². The smallest absolute Gasteiger partial charge is 0.126 e. The first-order valence-corrected chi connectivity index (χ1v) is 7.23. The van der Waals surface area contributed by atoms with E-state index in [2.05, 4.69) is 21.0 Å². The first-order valence-electron chi connectivity index (χ1n) is 6.44. The quantitative estimate of drug-likeness (QED) is 0.928. The largest absolute Gasteiger partial charge is 0.389 e. The molecule has 0 saturated heterocycles. The second-order valence-corrected chi connectivity index (χ2v) is 6.20. The van der Waals surface area contributed by atoms with E-state index < -0.39 is 5.60 Å². The van der Waals surface area contributed by atoms with Gasteiger partial charge in [-0.15, -0.1) is 0 Å². The van der Waals surface area contributed by atoms with Gasteiger partial charge in [-0.3, -0.25) is 4.68 Å². The molecule has 0 radical (unpaired) electrons. The Morgan fingerprint density at radius 2 is 2.00 bits per heavy atom. The van der Waals surface area contributed by atoms with E-state index in [0.29, 0.717) is 12.0 Å². The van der Waals surface area contributed by atoms with Gasteiger partial charge in [0.15, 0.2) is 0 Å². The van der Waals surface area contributed by atoms with Crippen LogP contribution < -0.4 is 0 Å². The summed E-state index contributed by atoms with van der Waals surface area (Å²) >= 11 is 3.49. The summed E-state index contributed by atoms with van der Waals surface area (Å²) in [7, 11) is 1.84. The van der Waals surface area contributed by atoms with Crippen LogP contribution in [0.3, 0.4) is 0 Å². The van der Waals surface area contributed by atoms with Crippen LogP contribution in [-0.2, 0) is 19.9 Å². The lowest BCUT2D eigenvalue weighted by Crippen LogP contribution is -2.31. The van der Waals surface area contributed by atoms with Gasteiger partial charge in [-0.1, -0.05) is 18.2 Å². The summed E-state index contributed by atoms with van der Waals surface area (Å²) in [5.74, 6) is -0.284. The van der Waals surface area contributed by atoms with Gasteiger partial charge in [-0.25, -0.2) is 4.39 Å². The number of rotatable bonds is 4. The van der Waals surface area contributed by atoms with E-state index in [0.717, 1.165) is 15.9 Å². The summed E-state index contributed by atoms with van der Waals surface area (Å²) < 4.78 is 16.3. The van der Waals surface area contributed by atoms with Crippen LogP contribution in [0.15, 0.2) is 28.7 Å². The van der Waals surface area contributed by atoms with Gasteiger partial charge in [-0.05, 0) is 41.4 Å². The molecule has 1 atom stereocenters. The molecule has 20 heavy (non-hydrogen) atoms. The molecule has 0 spiro atoms. The zero-order valence-corrected chi connectivity index (χ0v) is 13.4. The van der Waals surface area contributed by atoms with Crippen LogP contribution in [0.5, 0.6) is 0 Å². The first kappa shape index (κ1) is 15.2. The molecule has 108 valence electrons. The van der Waals surface area contributed by atoms with Crippen LogP contribution in [-0.4, -0.2) is 20.5 Å². The maximum absolute atomic E-state index is 13.7. The molecule has 3 nitrogen and oxygen atoms in total. The highest BCUT2D eigenvalue weighted by atomic mass is 79.9. The zero-order chi connectivity index (χ0) is 14.9. The van der Waals surface area contributed by atoms with E-state index in [1.165, 1.54) is 6.07 Å². The molecule has 0 saturated carbocycles. The molecular formula is C15H18BrFN2O. The maximum atomic E-state index is 13.7. The lowest BCUT2D eigenvalue weighted by molar-refractivity contribution is 0.0578. The zero-order valence-electron chi connectivity index (χ0n) is 11.8. The third kappa shape index (κ3) is 3.27. The molecular weight excluding hydrogens is 323 g/mol. The van der Waals surface area contributed by atoms with Crippen LogP contribution in [0.1, 0.15) is 23.9 Å². The van der Waals surface area contributed by atoms with Gasteiger partial charge in [-0.2, -0.15) is 5.10 Å². The number of hydrogen-bond acceptors (Lipinski definition) is 2. The first-order chi connectivity index (χ1) is 9.30. The summed E-state index contributed by atoms with van der Waals surface area (Å²) in [4.78, 5) is 0. The van der Waals surface area contributed by atoms with Crippen molar-refractivity contribution in [3.63, 3.8) is 0 Å². The maximum Gasteiger partial charge on any atom is 0.126 e. The molecule has 0 fully saturated rings. The number of aryl methyl sites for hydroxylation is 2. The Bertz CT molecular complexity index is 622. The van der Waals surface area contributed by atoms with Crippen LogP contribution in [0, 0.1) is 12.7 Å². The molecule has 0 aliphatic rings. The number of hydrogen-bond donors (Lipinski definition) is 1. The standard InChI is InChI=1S/C15H18BrFN2O/c1-10-14(16)13(19(3)18-10)9-15(2,20)8-11-6-4-5-7-12(11)17/h4-7,20H,8-9H2,1-3H3. The van der Waals surface area contributed by atoms with Gasteiger partial charge in [0, 0.05) is 19.9 Å². The van der Waals surface area contributed by atoms with Gasteiger partial charge in [0.1, 0.15) is 5.82 Å². The van der Waals surface area contributed by atoms with Crippen molar-refractivity contribution in [3.8, 4) is 0 Å². The molecule has 0 amide bonds. The molecule has 5 heteroatoms. The van der Waals surface area contributed by atoms with Gasteiger partial charge in [0.25, 0.3) is 0 Å². The number of nitrogens with zero attached hydrogens (tertiary/aromatic N) is 2. The lowest BCUT2D eigenvalue weighted by Gasteiger charge is -2.24. The summed E-state index contributed by atoms with van der Waals surface area (Å²) in [6.45, 7) is 3.62. The number of aliphatic hydroxyl groups is 1. The average molecular weight is 341 g/mol. The Morgan fingerprint density at radius 3 is 2.55 bits per heavy atom. The summed E-state index contributed by atoms with van der Waals surface area (Å²) in [6, 6.07) is 6.54. The number of benzene rings is 1. The SMILES string of the molecule is Cc1nn(C)c(CC(C)(O)Cc2ccccc2F)c1Br. The molecule has 0 bridgehead atoms. The monoisotopic (exact) mass is 340 g/mol. The normalized spacial score (nSPS) is 14.3. The van der Waals surface area contributed by atoms with E-state index in [1.807, 2.05) is 14.0 Å². The fraction of sp³-hybridized carbons (Fsp3) is 0.400. The lowest BCUT2D eigenvalue weighted by atomic mass is 9.91. The Hall–Kier alpha value is -1.20. The van der Waals surface area contributed by atoms with Crippen LogP contribution in [0.2, 0.25) is 0 Å².